The van der Waals surface area contributed by atoms with Gasteiger partial charge in [-0.15, -0.1) is 0 Å². The van der Waals surface area contributed by atoms with Crippen LogP contribution in [0.25, 0.3) is 0 Å². The molecule has 2 aromatic carbocycles. The molecule has 0 saturated heterocycles. The van der Waals surface area contributed by atoms with Crippen LogP contribution in [0.1, 0.15) is 15.9 Å². The summed E-state index contributed by atoms with van der Waals surface area (Å²) in [6, 6.07) is 11.5. The van der Waals surface area contributed by atoms with Crippen molar-refractivity contribution >= 4 is 34.8 Å². The molecule has 158 valence electrons. The molecule has 1 aromatic heterocycles. The Bertz CT molecular complexity index is 1140. The first kappa shape index (κ1) is 20.2. The summed E-state index contributed by atoms with van der Waals surface area (Å²) < 4.78 is 10.6. The molecule has 0 fully saturated rings. The molecule has 1 amide bonds. The lowest BCUT2D eigenvalue weighted by Gasteiger charge is -2.11. The van der Waals surface area contributed by atoms with E-state index in [9.17, 15) is 14.9 Å². The van der Waals surface area contributed by atoms with Crippen molar-refractivity contribution in [3.63, 3.8) is 0 Å². The molecule has 0 saturated carbocycles. The third-order valence-corrected chi connectivity index (χ3v) is 4.55. The number of hydrogen-bond acceptors (Lipinski definition) is 9. The Morgan fingerprint density at radius 3 is 2.61 bits per heavy atom. The van der Waals surface area contributed by atoms with Crippen molar-refractivity contribution in [2.24, 2.45) is 0 Å². The molecule has 0 spiro atoms. The van der Waals surface area contributed by atoms with Gasteiger partial charge in [0.25, 0.3) is 5.91 Å². The number of carbonyl (C=O) groups excluding carboxylic acids is 1. The highest BCUT2D eigenvalue weighted by Gasteiger charge is 2.23. The van der Waals surface area contributed by atoms with Crippen molar-refractivity contribution < 1.29 is 19.2 Å². The quantitative estimate of drug-likeness (QED) is 0.371. The monoisotopic (exact) mass is 442 g/mol. The van der Waals surface area contributed by atoms with E-state index in [1.807, 2.05) is 0 Å². The predicted octanol–water partition coefficient (Wildman–Crippen LogP) is 3.14. The lowest BCUT2D eigenvalue weighted by molar-refractivity contribution is -0.383. The minimum Gasteiger partial charge on any atom is -0.454 e. The zero-order chi connectivity index (χ0) is 21.8. The summed E-state index contributed by atoms with van der Waals surface area (Å²) in [5, 5.41) is 15.0. The smallest absolute Gasteiger partial charge is 0.354 e. The highest BCUT2D eigenvalue weighted by atomic mass is 35.5. The Morgan fingerprint density at radius 1 is 1.10 bits per heavy atom. The number of nitrogens with one attached hydrogen (secondary N) is 3. The van der Waals surface area contributed by atoms with Gasteiger partial charge >= 0.3 is 5.69 Å². The SMILES string of the molecule is O=C(NNc1ncnc(NCc2ccc3c(c2)OCO3)c1[N+](=O)[O-])c1ccc(Cl)cc1. The summed E-state index contributed by atoms with van der Waals surface area (Å²) in [6.45, 7) is 0.394. The molecule has 11 nitrogen and oxygen atoms in total. The molecule has 1 aliphatic rings. The van der Waals surface area contributed by atoms with Crippen LogP contribution in [0, 0.1) is 10.1 Å². The topological polar surface area (TPSA) is 141 Å². The Kier molecular flexibility index (Phi) is 5.67. The lowest BCUT2D eigenvalue weighted by atomic mass is 10.2. The highest BCUT2D eigenvalue weighted by molar-refractivity contribution is 6.30. The van der Waals surface area contributed by atoms with Crippen LogP contribution in [-0.2, 0) is 6.54 Å². The Hall–Kier alpha value is -4.12. The molecular formula is C19H15ClN6O5. The Labute approximate surface area is 180 Å². The number of hydrazine groups is 1. The van der Waals surface area contributed by atoms with Crippen LogP contribution >= 0.6 is 11.6 Å². The van der Waals surface area contributed by atoms with Gasteiger partial charge in [-0.25, -0.2) is 9.97 Å². The molecule has 0 unspecified atom stereocenters. The number of aromatic nitrogens is 2. The number of nitrogens with zero attached hydrogens (tertiary/aromatic N) is 3. The van der Waals surface area contributed by atoms with Gasteiger partial charge in [0.05, 0.1) is 4.92 Å². The van der Waals surface area contributed by atoms with E-state index >= 15 is 0 Å². The standard InChI is InChI=1S/C19H15ClN6O5/c20-13-4-2-12(3-5-13)19(27)25-24-18-16(26(28)29)17(22-9-23-18)21-8-11-1-6-14-15(7-11)31-10-30-14/h1-7,9H,8,10H2,(H,25,27)(H2,21,22,23,24). The van der Waals surface area contributed by atoms with Crippen molar-refractivity contribution in [3.05, 3.63) is 75.1 Å². The predicted molar refractivity (Wildman–Crippen MR) is 111 cm³/mol. The van der Waals surface area contributed by atoms with Crippen LogP contribution in [0.3, 0.4) is 0 Å². The van der Waals surface area contributed by atoms with Gasteiger partial charge in [-0.05, 0) is 42.0 Å². The van der Waals surface area contributed by atoms with Crippen LogP contribution in [0.15, 0.2) is 48.8 Å². The Morgan fingerprint density at radius 2 is 1.84 bits per heavy atom. The van der Waals surface area contributed by atoms with Gasteiger partial charge in [-0.2, -0.15) is 0 Å². The first-order chi connectivity index (χ1) is 15.0. The maximum Gasteiger partial charge on any atom is 0.354 e. The summed E-state index contributed by atoms with van der Waals surface area (Å²) in [4.78, 5) is 31.1. The average Bonchev–Trinajstić information content (AvgIpc) is 3.24. The molecule has 31 heavy (non-hydrogen) atoms. The molecule has 1 aliphatic heterocycles. The number of carbonyl (C=O) groups is 1. The zero-order valence-corrected chi connectivity index (χ0v) is 16.5. The largest absolute Gasteiger partial charge is 0.454 e. The van der Waals surface area contributed by atoms with Crippen molar-refractivity contribution in [2.75, 3.05) is 17.5 Å². The Balaban J connectivity index is 1.47. The minimum atomic E-state index is -0.640. The molecule has 3 N–H and O–H groups in total. The molecule has 4 rings (SSSR count). The summed E-state index contributed by atoms with van der Waals surface area (Å²) >= 11 is 5.80. The third-order valence-electron chi connectivity index (χ3n) is 4.30. The van der Waals surface area contributed by atoms with Gasteiger partial charge in [0, 0.05) is 17.1 Å². The number of nitro groups is 1. The molecule has 0 aliphatic carbocycles. The number of benzene rings is 2. The molecule has 0 bridgehead atoms. The van der Waals surface area contributed by atoms with E-state index in [0.29, 0.717) is 22.1 Å². The van der Waals surface area contributed by atoms with Gasteiger partial charge in [-0.1, -0.05) is 17.7 Å². The molecular weight excluding hydrogens is 428 g/mol. The van der Waals surface area contributed by atoms with Gasteiger partial charge in [-0.3, -0.25) is 25.8 Å². The van der Waals surface area contributed by atoms with Crippen molar-refractivity contribution in [1.82, 2.24) is 15.4 Å². The second-order valence-electron chi connectivity index (χ2n) is 6.30. The number of halogens is 1. The van der Waals surface area contributed by atoms with E-state index in [4.69, 9.17) is 21.1 Å². The summed E-state index contributed by atoms with van der Waals surface area (Å²) in [5.74, 6) is 0.541. The summed E-state index contributed by atoms with van der Waals surface area (Å²) in [5.41, 5.74) is 5.56. The van der Waals surface area contributed by atoms with Crippen molar-refractivity contribution in [2.45, 2.75) is 6.54 Å². The van der Waals surface area contributed by atoms with E-state index < -0.39 is 16.5 Å². The number of ether oxygens (including phenoxy) is 2. The molecule has 0 radical (unpaired) electrons. The van der Waals surface area contributed by atoms with Crippen molar-refractivity contribution in [1.29, 1.82) is 0 Å². The van der Waals surface area contributed by atoms with Gasteiger partial charge in [0.15, 0.2) is 11.5 Å². The molecule has 12 heteroatoms. The van der Waals surface area contributed by atoms with E-state index in [0.717, 1.165) is 11.9 Å². The first-order valence-corrected chi connectivity index (χ1v) is 9.33. The second kappa shape index (κ2) is 8.71. The van der Waals surface area contributed by atoms with E-state index in [2.05, 4.69) is 26.1 Å². The summed E-state index contributed by atoms with van der Waals surface area (Å²) in [6.07, 6.45) is 1.14. The van der Waals surface area contributed by atoms with E-state index in [1.54, 1.807) is 30.3 Å². The van der Waals surface area contributed by atoms with Gasteiger partial charge < -0.3 is 14.8 Å². The van der Waals surface area contributed by atoms with Crippen LogP contribution in [-0.4, -0.2) is 27.6 Å². The number of anilines is 2. The molecule has 2 heterocycles. The lowest BCUT2D eigenvalue weighted by Crippen LogP contribution is -2.30. The van der Waals surface area contributed by atoms with Crippen LogP contribution in [0.4, 0.5) is 17.3 Å². The second-order valence-corrected chi connectivity index (χ2v) is 6.74. The fraction of sp³-hybridized carbons (Fsp3) is 0.105. The summed E-state index contributed by atoms with van der Waals surface area (Å²) in [7, 11) is 0. The van der Waals surface area contributed by atoms with Crippen LogP contribution in [0.5, 0.6) is 11.5 Å². The number of amides is 1. The first-order valence-electron chi connectivity index (χ1n) is 8.95. The number of rotatable bonds is 7. The fourth-order valence-electron chi connectivity index (χ4n) is 2.80. The third kappa shape index (κ3) is 4.56. The fourth-order valence-corrected chi connectivity index (χ4v) is 2.92. The normalized spacial score (nSPS) is 11.6. The number of fused-ring (bicyclic) bond motifs is 1. The maximum atomic E-state index is 12.2. The molecule has 0 atom stereocenters. The van der Waals surface area contributed by atoms with Crippen LogP contribution in [0.2, 0.25) is 5.02 Å². The van der Waals surface area contributed by atoms with E-state index in [1.165, 1.54) is 12.1 Å². The van der Waals surface area contributed by atoms with Gasteiger partial charge in [0.1, 0.15) is 6.33 Å². The maximum absolute atomic E-state index is 12.2. The van der Waals surface area contributed by atoms with Crippen LogP contribution < -0.4 is 25.6 Å². The van der Waals surface area contributed by atoms with E-state index in [-0.39, 0.29) is 25.0 Å². The zero-order valence-electron chi connectivity index (χ0n) is 15.8. The minimum absolute atomic E-state index is 0.0130. The highest BCUT2D eigenvalue weighted by Crippen LogP contribution is 2.33. The van der Waals surface area contributed by atoms with Gasteiger partial charge in [0.2, 0.25) is 18.4 Å². The molecule has 3 aromatic rings. The van der Waals surface area contributed by atoms with Crippen molar-refractivity contribution in [3.8, 4) is 11.5 Å². The average molecular weight is 443 g/mol. The number of hydrogen-bond donors (Lipinski definition) is 3.